The van der Waals surface area contributed by atoms with E-state index in [4.69, 9.17) is 0 Å². The minimum atomic E-state index is -2.91. The molecule has 0 amide bonds. The first-order valence-electron chi connectivity index (χ1n) is 6.59. The molecule has 0 aliphatic carbocycles. The van der Waals surface area contributed by atoms with Crippen molar-refractivity contribution in [2.75, 3.05) is 18.1 Å². The molecule has 2 aromatic heterocycles. The van der Waals surface area contributed by atoms with E-state index in [0.29, 0.717) is 13.0 Å². The highest BCUT2D eigenvalue weighted by molar-refractivity contribution is 7.91. The van der Waals surface area contributed by atoms with Gasteiger partial charge in [0.1, 0.15) is 5.01 Å². The van der Waals surface area contributed by atoms with Gasteiger partial charge in [-0.3, -0.25) is 0 Å². The summed E-state index contributed by atoms with van der Waals surface area (Å²) in [5, 5.41) is 16.9. The van der Waals surface area contributed by atoms with Crippen LogP contribution in [-0.4, -0.2) is 52.3 Å². The van der Waals surface area contributed by atoms with E-state index in [2.05, 4.69) is 20.6 Å². The molecule has 0 spiro atoms. The van der Waals surface area contributed by atoms with Gasteiger partial charge in [-0.25, -0.2) is 8.42 Å². The van der Waals surface area contributed by atoms with Crippen molar-refractivity contribution in [3.8, 4) is 0 Å². The van der Waals surface area contributed by atoms with Crippen LogP contribution >= 0.6 is 11.3 Å². The maximum absolute atomic E-state index is 11.6. The van der Waals surface area contributed by atoms with Gasteiger partial charge in [0.25, 0.3) is 0 Å². The zero-order valence-electron chi connectivity index (χ0n) is 11.4. The van der Waals surface area contributed by atoms with Crippen molar-refractivity contribution >= 4 is 26.1 Å². The van der Waals surface area contributed by atoms with Crippen molar-refractivity contribution in [2.24, 2.45) is 0 Å². The molecule has 1 aliphatic heterocycles. The minimum Gasteiger partial charge on any atom is -0.312 e. The van der Waals surface area contributed by atoms with E-state index in [0.717, 1.165) is 15.8 Å². The predicted octanol–water partition coefficient (Wildman–Crippen LogP) is 0.238. The first-order valence-corrected chi connectivity index (χ1v) is 9.23. The molecule has 0 saturated carbocycles. The average molecular weight is 315 g/mol. The highest BCUT2D eigenvalue weighted by Crippen LogP contribution is 2.20. The predicted molar refractivity (Wildman–Crippen MR) is 76.9 cm³/mol. The van der Waals surface area contributed by atoms with Crippen molar-refractivity contribution in [3.63, 3.8) is 0 Å². The lowest BCUT2D eigenvalue weighted by atomic mass is 10.2. The third-order valence-corrected chi connectivity index (χ3v) is 5.95. The standard InChI is InChI=1S/C11H17N5O2S2/c1-7(2)10-13-14-11-16(10)15-9(19-11)5-8-6-20(17,18)4-3-12-8/h7-8,12H,3-6H2,1-2H3. The van der Waals surface area contributed by atoms with Gasteiger partial charge >= 0.3 is 0 Å². The number of nitrogens with zero attached hydrogens (tertiary/aromatic N) is 4. The Labute approximate surface area is 121 Å². The molecule has 20 heavy (non-hydrogen) atoms. The van der Waals surface area contributed by atoms with E-state index in [9.17, 15) is 8.42 Å². The SMILES string of the molecule is CC(C)c1nnc2sc(CC3CS(=O)(=O)CCN3)nn12. The molecule has 110 valence electrons. The Bertz CT molecular complexity index is 718. The minimum absolute atomic E-state index is 0.0555. The van der Waals surface area contributed by atoms with Gasteiger partial charge in [0.2, 0.25) is 4.96 Å². The number of rotatable bonds is 3. The molecule has 9 heteroatoms. The van der Waals surface area contributed by atoms with Crippen LogP contribution in [0.15, 0.2) is 0 Å². The smallest absolute Gasteiger partial charge is 0.234 e. The molecule has 1 aliphatic rings. The second-order valence-electron chi connectivity index (χ2n) is 5.37. The van der Waals surface area contributed by atoms with Gasteiger partial charge in [-0.05, 0) is 0 Å². The second-order valence-corrected chi connectivity index (χ2v) is 8.64. The van der Waals surface area contributed by atoms with Crippen LogP contribution < -0.4 is 5.32 Å². The summed E-state index contributed by atoms with van der Waals surface area (Å²) in [6.45, 7) is 4.61. The molecule has 1 N–H and O–H groups in total. The van der Waals surface area contributed by atoms with Crippen LogP contribution in [-0.2, 0) is 16.3 Å². The Balaban J connectivity index is 1.81. The third-order valence-electron chi connectivity index (χ3n) is 3.30. The van der Waals surface area contributed by atoms with E-state index in [1.54, 1.807) is 4.52 Å². The largest absolute Gasteiger partial charge is 0.312 e. The third kappa shape index (κ3) is 2.70. The van der Waals surface area contributed by atoms with Gasteiger partial charge in [0.15, 0.2) is 15.7 Å². The Kier molecular flexibility index (Phi) is 3.51. The van der Waals surface area contributed by atoms with E-state index in [-0.39, 0.29) is 23.5 Å². The quantitative estimate of drug-likeness (QED) is 0.872. The van der Waals surface area contributed by atoms with Crippen LogP contribution in [0.25, 0.3) is 4.96 Å². The first-order chi connectivity index (χ1) is 9.44. The zero-order valence-corrected chi connectivity index (χ0v) is 13.0. The van der Waals surface area contributed by atoms with Crippen molar-refractivity contribution in [1.29, 1.82) is 0 Å². The molecule has 0 radical (unpaired) electrons. The molecule has 1 saturated heterocycles. The van der Waals surface area contributed by atoms with Crippen molar-refractivity contribution < 1.29 is 8.42 Å². The molecular weight excluding hydrogens is 298 g/mol. The monoisotopic (exact) mass is 315 g/mol. The Morgan fingerprint density at radius 1 is 1.45 bits per heavy atom. The molecule has 0 aromatic carbocycles. The first kappa shape index (κ1) is 13.9. The topological polar surface area (TPSA) is 89.2 Å². The van der Waals surface area contributed by atoms with E-state index in [1.165, 1.54) is 11.3 Å². The highest BCUT2D eigenvalue weighted by atomic mass is 32.2. The van der Waals surface area contributed by atoms with Crippen molar-refractivity contribution in [2.45, 2.75) is 32.2 Å². The van der Waals surface area contributed by atoms with Crippen LogP contribution in [0.1, 0.15) is 30.6 Å². The number of fused-ring (bicyclic) bond motifs is 1. The summed E-state index contributed by atoms with van der Waals surface area (Å²) in [6, 6.07) is -0.0555. The summed E-state index contributed by atoms with van der Waals surface area (Å²) in [6.07, 6.45) is 0.616. The molecule has 3 heterocycles. The maximum atomic E-state index is 11.6. The molecule has 2 aromatic rings. The van der Waals surface area contributed by atoms with Crippen molar-refractivity contribution in [3.05, 3.63) is 10.8 Å². The summed E-state index contributed by atoms with van der Waals surface area (Å²) < 4.78 is 25.0. The number of aromatic nitrogens is 4. The zero-order chi connectivity index (χ0) is 14.3. The van der Waals surface area contributed by atoms with E-state index >= 15 is 0 Å². The molecule has 0 bridgehead atoms. The number of hydrogen-bond donors (Lipinski definition) is 1. The Hall–Kier alpha value is -1.06. The summed E-state index contributed by atoms with van der Waals surface area (Å²) in [7, 11) is -2.91. The summed E-state index contributed by atoms with van der Waals surface area (Å²) in [5.41, 5.74) is 0. The molecule has 3 rings (SSSR count). The lowest BCUT2D eigenvalue weighted by Gasteiger charge is -2.22. The Morgan fingerprint density at radius 2 is 2.25 bits per heavy atom. The van der Waals surface area contributed by atoms with Gasteiger partial charge in [0.05, 0.1) is 11.5 Å². The fraction of sp³-hybridized carbons (Fsp3) is 0.727. The van der Waals surface area contributed by atoms with Crippen LogP contribution in [0.2, 0.25) is 0 Å². The van der Waals surface area contributed by atoms with Crippen LogP contribution in [0, 0.1) is 0 Å². The van der Waals surface area contributed by atoms with Gasteiger partial charge in [-0.1, -0.05) is 25.2 Å². The average Bonchev–Trinajstić information content (AvgIpc) is 2.86. The van der Waals surface area contributed by atoms with Crippen LogP contribution in [0.5, 0.6) is 0 Å². The molecule has 1 atom stereocenters. The Morgan fingerprint density at radius 3 is 2.95 bits per heavy atom. The van der Waals surface area contributed by atoms with Gasteiger partial charge in [0, 0.05) is 24.9 Å². The summed E-state index contributed by atoms with van der Waals surface area (Å²) >= 11 is 1.47. The molecular formula is C11H17N5O2S2. The number of hydrogen-bond acceptors (Lipinski definition) is 7. The van der Waals surface area contributed by atoms with Gasteiger partial charge in [-0.15, -0.1) is 10.2 Å². The highest BCUT2D eigenvalue weighted by Gasteiger charge is 2.25. The molecule has 1 fully saturated rings. The fourth-order valence-electron chi connectivity index (χ4n) is 2.32. The molecule has 7 nitrogen and oxygen atoms in total. The number of sulfone groups is 1. The fourth-order valence-corrected chi connectivity index (χ4v) is 4.69. The lowest BCUT2D eigenvalue weighted by molar-refractivity contribution is 0.513. The van der Waals surface area contributed by atoms with Gasteiger partial charge < -0.3 is 5.32 Å². The van der Waals surface area contributed by atoms with Gasteiger partial charge in [-0.2, -0.15) is 9.61 Å². The summed E-state index contributed by atoms with van der Waals surface area (Å²) in [5.74, 6) is 1.51. The van der Waals surface area contributed by atoms with Crippen LogP contribution in [0.3, 0.4) is 0 Å². The number of nitrogens with one attached hydrogen (secondary N) is 1. The normalized spacial score (nSPS) is 22.6. The second kappa shape index (κ2) is 5.05. The van der Waals surface area contributed by atoms with E-state index < -0.39 is 9.84 Å². The van der Waals surface area contributed by atoms with E-state index in [1.807, 2.05) is 13.8 Å². The van der Waals surface area contributed by atoms with Crippen molar-refractivity contribution in [1.82, 2.24) is 25.1 Å². The molecule has 1 unspecified atom stereocenters. The lowest BCUT2D eigenvalue weighted by Crippen LogP contribution is -2.46. The summed E-state index contributed by atoms with van der Waals surface area (Å²) in [4.78, 5) is 0.766. The van der Waals surface area contributed by atoms with Crippen LogP contribution in [0.4, 0.5) is 0 Å². The maximum Gasteiger partial charge on any atom is 0.234 e.